The van der Waals surface area contributed by atoms with Crippen LogP contribution in [0.4, 0.5) is 13.2 Å². The molecule has 0 N–H and O–H groups in total. The summed E-state index contributed by atoms with van der Waals surface area (Å²) in [6.45, 7) is 9.22. The summed E-state index contributed by atoms with van der Waals surface area (Å²) in [5.41, 5.74) is 1.77. The van der Waals surface area contributed by atoms with Crippen molar-refractivity contribution in [3.8, 4) is 11.5 Å². The van der Waals surface area contributed by atoms with Gasteiger partial charge in [-0.1, -0.05) is 18.7 Å². The first-order valence-corrected chi connectivity index (χ1v) is 9.95. The predicted molar refractivity (Wildman–Crippen MR) is 104 cm³/mol. The summed E-state index contributed by atoms with van der Waals surface area (Å²) in [5, 5.41) is 3.92. The highest BCUT2D eigenvalue weighted by molar-refractivity contribution is 7.84. The fraction of sp³-hybridized carbons (Fsp3) is 0.389. The molecule has 156 valence electrons. The van der Waals surface area contributed by atoms with Gasteiger partial charge in [-0.05, 0) is 32.4 Å². The van der Waals surface area contributed by atoms with Crippen LogP contribution in [-0.2, 0) is 10.8 Å². The van der Waals surface area contributed by atoms with E-state index in [9.17, 15) is 17.4 Å². The first kappa shape index (κ1) is 22.6. The molecule has 0 saturated carbocycles. The van der Waals surface area contributed by atoms with Gasteiger partial charge < -0.3 is 4.52 Å². The summed E-state index contributed by atoms with van der Waals surface area (Å²) in [6.07, 6.45) is -3.47. The van der Waals surface area contributed by atoms with Crippen LogP contribution in [0.15, 0.2) is 50.1 Å². The van der Waals surface area contributed by atoms with E-state index in [0.29, 0.717) is 11.3 Å². The molecule has 0 spiro atoms. The Morgan fingerprint density at radius 2 is 2.00 bits per heavy atom. The topological polar surface area (TPSA) is 93.6 Å². The molecule has 2 aromatic rings. The van der Waals surface area contributed by atoms with Gasteiger partial charge in [-0.3, -0.25) is 4.21 Å². The minimum absolute atomic E-state index is 0.0467. The second-order valence-corrected chi connectivity index (χ2v) is 7.61. The molecule has 29 heavy (non-hydrogen) atoms. The number of rotatable bonds is 7. The van der Waals surface area contributed by atoms with Gasteiger partial charge in [0.05, 0.1) is 22.8 Å². The second-order valence-electron chi connectivity index (χ2n) is 6.09. The highest BCUT2D eigenvalue weighted by Crippen LogP contribution is 2.22. The quantitative estimate of drug-likeness (QED) is 0.484. The maximum Gasteiger partial charge on any atom is 0.390 e. The minimum Gasteiger partial charge on any atom is -0.333 e. The lowest BCUT2D eigenvalue weighted by Crippen LogP contribution is -2.13. The number of hydrogen-bond donors (Lipinski definition) is 0. The van der Waals surface area contributed by atoms with Crippen LogP contribution in [0.2, 0.25) is 0 Å². The third-order valence-electron chi connectivity index (χ3n) is 3.52. The molecule has 0 amide bonds. The Kier molecular flexibility index (Phi) is 7.54. The molecule has 11 heteroatoms. The van der Waals surface area contributed by atoms with Gasteiger partial charge in [0, 0.05) is 23.4 Å². The van der Waals surface area contributed by atoms with Crippen molar-refractivity contribution in [2.24, 2.45) is 9.98 Å². The zero-order chi connectivity index (χ0) is 21.6. The van der Waals surface area contributed by atoms with E-state index in [-0.39, 0.29) is 22.6 Å². The van der Waals surface area contributed by atoms with E-state index in [0.717, 1.165) is 12.1 Å². The number of pyridine rings is 1. The molecule has 0 aliphatic rings. The lowest BCUT2D eigenvalue weighted by molar-refractivity contribution is -0.129. The van der Waals surface area contributed by atoms with E-state index in [1.165, 1.54) is 18.3 Å². The van der Waals surface area contributed by atoms with Gasteiger partial charge in [0.2, 0.25) is 11.7 Å². The van der Waals surface area contributed by atoms with E-state index in [1.807, 2.05) is 13.8 Å². The van der Waals surface area contributed by atoms with Crippen molar-refractivity contribution in [2.45, 2.75) is 44.8 Å². The first-order chi connectivity index (χ1) is 13.6. The van der Waals surface area contributed by atoms with Crippen molar-refractivity contribution >= 4 is 22.3 Å². The summed E-state index contributed by atoms with van der Waals surface area (Å²) in [5.74, 6) is -0.00649. The SMILES string of the molecule is C=C(C)N=C(N=C(C)CC)c1noc(-c2ccc(S(=O)CCC(F)(F)F)nc2)n1. The highest BCUT2D eigenvalue weighted by Gasteiger charge is 2.28. The van der Waals surface area contributed by atoms with E-state index < -0.39 is 29.1 Å². The summed E-state index contributed by atoms with van der Waals surface area (Å²) in [4.78, 5) is 16.8. The molecule has 0 aliphatic heterocycles. The van der Waals surface area contributed by atoms with Gasteiger partial charge >= 0.3 is 6.18 Å². The van der Waals surface area contributed by atoms with Crippen molar-refractivity contribution in [3.63, 3.8) is 0 Å². The molecule has 2 heterocycles. The average molecular weight is 427 g/mol. The molecular weight excluding hydrogens is 407 g/mol. The van der Waals surface area contributed by atoms with Crippen LogP contribution in [-0.4, -0.2) is 42.8 Å². The van der Waals surface area contributed by atoms with Crippen LogP contribution in [0.5, 0.6) is 0 Å². The lowest BCUT2D eigenvalue weighted by Gasteiger charge is -2.05. The largest absolute Gasteiger partial charge is 0.390 e. The van der Waals surface area contributed by atoms with Gasteiger partial charge in [0.15, 0.2) is 0 Å². The Labute approximate surface area is 168 Å². The van der Waals surface area contributed by atoms with E-state index >= 15 is 0 Å². The Morgan fingerprint density at radius 1 is 1.28 bits per heavy atom. The molecule has 7 nitrogen and oxygen atoms in total. The van der Waals surface area contributed by atoms with Crippen molar-refractivity contribution in [1.29, 1.82) is 0 Å². The molecule has 0 bridgehead atoms. The molecule has 0 saturated heterocycles. The van der Waals surface area contributed by atoms with Crippen LogP contribution < -0.4 is 0 Å². The maximum absolute atomic E-state index is 12.3. The summed E-state index contributed by atoms with van der Waals surface area (Å²) in [6, 6.07) is 2.87. The van der Waals surface area contributed by atoms with Crippen LogP contribution in [0.1, 0.15) is 39.4 Å². The zero-order valence-electron chi connectivity index (χ0n) is 16.2. The summed E-state index contributed by atoms with van der Waals surface area (Å²) in [7, 11) is -1.86. The van der Waals surface area contributed by atoms with E-state index in [2.05, 4.69) is 31.7 Å². The molecule has 1 unspecified atom stereocenters. The Balaban J connectivity index is 2.21. The Bertz CT molecular complexity index is 949. The molecular formula is C18H20F3N5O2S. The van der Waals surface area contributed by atoms with Gasteiger partial charge in [-0.2, -0.15) is 18.2 Å². The van der Waals surface area contributed by atoms with Crippen LogP contribution in [0, 0.1) is 0 Å². The maximum atomic E-state index is 12.3. The monoisotopic (exact) mass is 427 g/mol. The highest BCUT2D eigenvalue weighted by atomic mass is 32.2. The van der Waals surface area contributed by atoms with Crippen LogP contribution in [0.25, 0.3) is 11.5 Å². The van der Waals surface area contributed by atoms with Crippen molar-refractivity contribution < 1.29 is 21.9 Å². The number of allylic oxidation sites excluding steroid dienone is 1. The number of hydrogen-bond acceptors (Lipinski definition) is 6. The number of aliphatic imine (C=N–C) groups is 2. The summed E-state index contributed by atoms with van der Waals surface area (Å²) < 4.78 is 53.9. The van der Waals surface area contributed by atoms with E-state index in [1.54, 1.807) is 6.92 Å². The van der Waals surface area contributed by atoms with Crippen molar-refractivity contribution in [2.75, 3.05) is 5.75 Å². The lowest BCUT2D eigenvalue weighted by atomic mass is 10.3. The van der Waals surface area contributed by atoms with Crippen molar-refractivity contribution in [3.05, 3.63) is 36.4 Å². The molecule has 0 aromatic carbocycles. The smallest absolute Gasteiger partial charge is 0.333 e. The molecule has 2 rings (SSSR count). The average Bonchev–Trinajstić information content (AvgIpc) is 3.14. The van der Waals surface area contributed by atoms with Gasteiger partial charge in [0.1, 0.15) is 5.03 Å². The minimum atomic E-state index is -4.36. The normalized spacial score (nSPS) is 14.1. The zero-order valence-corrected chi connectivity index (χ0v) is 17.0. The van der Waals surface area contributed by atoms with Gasteiger partial charge in [0.25, 0.3) is 5.89 Å². The third kappa shape index (κ3) is 7.00. The Morgan fingerprint density at radius 3 is 2.55 bits per heavy atom. The molecule has 0 aliphatic carbocycles. The number of amidine groups is 1. The van der Waals surface area contributed by atoms with E-state index in [4.69, 9.17) is 4.52 Å². The molecule has 1 atom stereocenters. The van der Waals surface area contributed by atoms with Crippen LogP contribution in [0.3, 0.4) is 0 Å². The first-order valence-electron chi connectivity index (χ1n) is 8.63. The van der Waals surface area contributed by atoms with Crippen molar-refractivity contribution in [1.82, 2.24) is 15.1 Å². The summed E-state index contributed by atoms with van der Waals surface area (Å²) >= 11 is 0. The molecule has 0 radical (unpaired) electrons. The van der Waals surface area contributed by atoms with Gasteiger partial charge in [-0.15, -0.1) is 0 Å². The fourth-order valence-electron chi connectivity index (χ4n) is 1.95. The second kappa shape index (κ2) is 9.68. The van der Waals surface area contributed by atoms with Gasteiger partial charge in [-0.25, -0.2) is 15.0 Å². The number of halogens is 3. The Hall–Kier alpha value is -2.69. The predicted octanol–water partition coefficient (Wildman–Crippen LogP) is 4.34. The molecule has 2 aromatic heterocycles. The molecule has 0 fully saturated rings. The third-order valence-corrected chi connectivity index (χ3v) is 4.80. The van der Waals surface area contributed by atoms with Crippen LogP contribution >= 0.6 is 0 Å². The number of alkyl halides is 3. The number of aromatic nitrogens is 3. The number of nitrogens with zero attached hydrogens (tertiary/aromatic N) is 5. The fourth-order valence-corrected chi connectivity index (χ4v) is 2.97. The standard InChI is InChI=1S/C18H20F3N5O2S/c1-5-12(4)24-15(23-11(2)3)16-25-17(28-26-16)13-6-7-14(22-10-13)29(27)9-8-18(19,20)21/h6-7,10H,2,5,8-9H2,1,3-4H3.